The average Bonchev–Trinajstić information content (AvgIpc) is 3.28. The molecule has 0 aliphatic heterocycles. The van der Waals surface area contributed by atoms with Gasteiger partial charge in [-0.1, -0.05) is 41.6 Å². The quantitative estimate of drug-likeness (QED) is 0.294. The third-order valence-corrected chi connectivity index (χ3v) is 6.57. The zero-order valence-electron chi connectivity index (χ0n) is 19.8. The summed E-state index contributed by atoms with van der Waals surface area (Å²) in [5.74, 6) is 2.05. The summed E-state index contributed by atoms with van der Waals surface area (Å²) in [5, 5.41) is 9.76. The minimum atomic E-state index is -0.0947. The van der Waals surface area contributed by atoms with Crippen LogP contribution in [-0.2, 0) is 5.75 Å². The number of ether oxygens (including phenoxy) is 1. The highest BCUT2D eigenvalue weighted by Gasteiger charge is 2.17. The molecular formula is C27H25N5O2S. The van der Waals surface area contributed by atoms with Gasteiger partial charge in [-0.25, -0.2) is 4.98 Å². The maximum absolute atomic E-state index is 12.6. The van der Waals surface area contributed by atoms with Crippen LogP contribution >= 0.6 is 11.8 Å². The normalized spacial score (nSPS) is 11.2. The van der Waals surface area contributed by atoms with Crippen LogP contribution in [0.3, 0.4) is 0 Å². The minimum absolute atomic E-state index is 0.0947. The van der Waals surface area contributed by atoms with E-state index in [2.05, 4.69) is 29.3 Å². The number of fused-ring (bicyclic) bond motifs is 1. The Morgan fingerprint density at radius 3 is 2.57 bits per heavy atom. The van der Waals surface area contributed by atoms with Crippen molar-refractivity contribution in [3.05, 3.63) is 100 Å². The lowest BCUT2D eigenvalue weighted by atomic mass is 10.1. The van der Waals surface area contributed by atoms with Crippen LogP contribution in [0.2, 0.25) is 0 Å². The van der Waals surface area contributed by atoms with Gasteiger partial charge in [0.2, 0.25) is 0 Å². The molecule has 0 atom stereocenters. The largest absolute Gasteiger partial charge is 0.494 e. The number of aryl methyl sites for hydroxylation is 2. The molecule has 0 saturated heterocycles. The first-order chi connectivity index (χ1) is 17.0. The van der Waals surface area contributed by atoms with Crippen molar-refractivity contribution >= 4 is 17.4 Å². The Labute approximate surface area is 207 Å². The molecule has 35 heavy (non-hydrogen) atoms. The van der Waals surface area contributed by atoms with Gasteiger partial charge in [0.25, 0.3) is 5.56 Å². The summed E-state index contributed by atoms with van der Waals surface area (Å²) in [4.78, 5) is 17.4. The summed E-state index contributed by atoms with van der Waals surface area (Å²) in [6.07, 6.45) is 1.74. The number of hydrogen-bond acceptors (Lipinski definition) is 6. The molecule has 7 nitrogen and oxygen atoms in total. The van der Waals surface area contributed by atoms with Gasteiger partial charge in [-0.15, -0.1) is 10.2 Å². The fourth-order valence-electron chi connectivity index (χ4n) is 3.95. The van der Waals surface area contributed by atoms with Crippen LogP contribution < -0.4 is 10.3 Å². The Balaban J connectivity index is 1.53. The summed E-state index contributed by atoms with van der Waals surface area (Å²) in [5.41, 5.74) is 5.29. The van der Waals surface area contributed by atoms with E-state index in [0.29, 0.717) is 23.7 Å². The molecule has 176 valence electrons. The van der Waals surface area contributed by atoms with E-state index in [0.717, 1.165) is 39.1 Å². The van der Waals surface area contributed by atoms with E-state index in [9.17, 15) is 4.79 Å². The fourth-order valence-corrected chi connectivity index (χ4v) is 4.79. The van der Waals surface area contributed by atoms with Crippen LogP contribution in [0.25, 0.3) is 22.7 Å². The maximum Gasteiger partial charge on any atom is 0.258 e. The smallest absolute Gasteiger partial charge is 0.258 e. The molecule has 0 bridgehead atoms. The van der Waals surface area contributed by atoms with Gasteiger partial charge in [-0.3, -0.25) is 13.8 Å². The van der Waals surface area contributed by atoms with Crippen molar-refractivity contribution in [3.8, 4) is 22.8 Å². The van der Waals surface area contributed by atoms with Crippen LogP contribution in [0.15, 0.2) is 82.9 Å². The third-order valence-electron chi connectivity index (χ3n) is 5.60. The summed E-state index contributed by atoms with van der Waals surface area (Å²) in [7, 11) is 0. The van der Waals surface area contributed by atoms with E-state index in [1.165, 1.54) is 11.8 Å². The van der Waals surface area contributed by atoms with Gasteiger partial charge >= 0.3 is 0 Å². The van der Waals surface area contributed by atoms with E-state index >= 15 is 0 Å². The van der Waals surface area contributed by atoms with Gasteiger partial charge in [0.15, 0.2) is 11.0 Å². The second kappa shape index (κ2) is 9.76. The first kappa shape index (κ1) is 22.9. The molecule has 0 saturated carbocycles. The molecule has 0 spiro atoms. The van der Waals surface area contributed by atoms with Crippen molar-refractivity contribution in [2.24, 2.45) is 0 Å². The molecule has 0 radical (unpaired) electrons. The van der Waals surface area contributed by atoms with Crippen molar-refractivity contribution in [3.63, 3.8) is 0 Å². The Morgan fingerprint density at radius 1 is 0.971 bits per heavy atom. The highest BCUT2D eigenvalue weighted by Crippen LogP contribution is 2.30. The lowest BCUT2D eigenvalue weighted by Gasteiger charge is -2.12. The van der Waals surface area contributed by atoms with Gasteiger partial charge in [0.05, 0.1) is 12.3 Å². The number of pyridine rings is 1. The second-order valence-corrected chi connectivity index (χ2v) is 9.14. The van der Waals surface area contributed by atoms with Gasteiger partial charge in [0, 0.05) is 29.3 Å². The fraction of sp³-hybridized carbons (Fsp3) is 0.185. The van der Waals surface area contributed by atoms with Gasteiger partial charge < -0.3 is 4.74 Å². The van der Waals surface area contributed by atoms with Crippen LogP contribution in [0.1, 0.15) is 23.7 Å². The Bertz CT molecular complexity index is 1560. The standard InChI is InChI=1S/C27H25N5O2S/c1-4-34-23-12-10-22(11-13-23)32-26(20-9-5-7-18(2)15-20)29-30-27(32)35-17-21-16-24(33)31-14-6-8-19(3)25(31)28-21/h5-16H,4,17H2,1-3H3. The molecule has 0 fully saturated rings. The van der Waals surface area contributed by atoms with Crippen molar-refractivity contribution in [2.45, 2.75) is 31.7 Å². The van der Waals surface area contributed by atoms with Crippen LogP contribution in [0, 0.1) is 13.8 Å². The zero-order valence-corrected chi connectivity index (χ0v) is 20.6. The molecule has 0 aliphatic carbocycles. The van der Waals surface area contributed by atoms with Crippen LogP contribution in [0.4, 0.5) is 0 Å². The predicted molar refractivity (Wildman–Crippen MR) is 138 cm³/mol. The predicted octanol–water partition coefficient (Wildman–Crippen LogP) is 5.25. The lowest BCUT2D eigenvalue weighted by molar-refractivity contribution is 0.340. The second-order valence-electron chi connectivity index (χ2n) is 8.20. The third kappa shape index (κ3) is 4.70. The molecule has 0 unspecified atom stereocenters. The van der Waals surface area contributed by atoms with Gasteiger partial charge in [0.1, 0.15) is 11.4 Å². The van der Waals surface area contributed by atoms with Gasteiger partial charge in [-0.05, 0) is 62.7 Å². The number of nitrogens with zero attached hydrogens (tertiary/aromatic N) is 5. The molecular weight excluding hydrogens is 458 g/mol. The molecule has 0 aliphatic rings. The Kier molecular flexibility index (Phi) is 6.37. The first-order valence-electron chi connectivity index (χ1n) is 11.4. The van der Waals surface area contributed by atoms with Crippen LogP contribution in [-0.4, -0.2) is 30.8 Å². The molecule has 8 heteroatoms. The van der Waals surface area contributed by atoms with E-state index in [4.69, 9.17) is 9.72 Å². The molecule has 5 rings (SSSR count). The maximum atomic E-state index is 12.6. The molecule has 5 aromatic rings. The zero-order chi connectivity index (χ0) is 24.4. The molecule has 3 aromatic heterocycles. The summed E-state index contributed by atoms with van der Waals surface area (Å²) in [6, 6.07) is 21.5. The number of hydrogen-bond donors (Lipinski definition) is 0. The molecule has 2 aromatic carbocycles. The molecule has 3 heterocycles. The Morgan fingerprint density at radius 2 is 1.80 bits per heavy atom. The van der Waals surface area contributed by atoms with Gasteiger partial charge in [-0.2, -0.15) is 0 Å². The highest BCUT2D eigenvalue weighted by molar-refractivity contribution is 7.98. The number of aromatic nitrogens is 5. The van der Waals surface area contributed by atoms with Crippen molar-refractivity contribution < 1.29 is 4.74 Å². The summed E-state index contributed by atoms with van der Waals surface area (Å²) in [6.45, 7) is 6.59. The Hall–Kier alpha value is -3.91. The van der Waals surface area contributed by atoms with Crippen molar-refractivity contribution in [1.29, 1.82) is 0 Å². The minimum Gasteiger partial charge on any atom is -0.494 e. The summed E-state index contributed by atoms with van der Waals surface area (Å²) < 4.78 is 9.22. The first-order valence-corrected chi connectivity index (χ1v) is 12.4. The van der Waals surface area contributed by atoms with E-state index in [-0.39, 0.29) is 5.56 Å². The number of thioether (sulfide) groups is 1. The van der Waals surface area contributed by atoms with Crippen molar-refractivity contribution in [1.82, 2.24) is 24.1 Å². The van der Waals surface area contributed by atoms with E-state index in [1.54, 1.807) is 16.7 Å². The monoisotopic (exact) mass is 483 g/mol. The van der Waals surface area contributed by atoms with E-state index < -0.39 is 0 Å². The van der Waals surface area contributed by atoms with E-state index in [1.807, 2.05) is 66.9 Å². The highest BCUT2D eigenvalue weighted by atomic mass is 32.2. The number of benzene rings is 2. The van der Waals surface area contributed by atoms with Crippen LogP contribution in [0.5, 0.6) is 5.75 Å². The topological polar surface area (TPSA) is 74.3 Å². The molecule has 0 amide bonds. The summed E-state index contributed by atoms with van der Waals surface area (Å²) >= 11 is 1.50. The lowest BCUT2D eigenvalue weighted by Crippen LogP contribution is -2.15. The SMILES string of the molecule is CCOc1ccc(-n2c(SCc3cc(=O)n4cccc(C)c4n3)nnc2-c2cccc(C)c2)cc1. The van der Waals surface area contributed by atoms with Crippen molar-refractivity contribution in [2.75, 3.05) is 6.61 Å². The number of rotatable bonds is 7. The molecule has 0 N–H and O–H groups in total. The average molecular weight is 484 g/mol.